The normalized spacial score (nSPS) is 14.7. The molecule has 0 aliphatic heterocycles. The molecule has 3 rings (SSSR count). The molecule has 9 heteroatoms. The lowest BCUT2D eigenvalue weighted by molar-refractivity contribution is 0.0880. The van der Waals surface area contributed by atoms with Crippen LogP contribution in [0.3, 0.4) is 0 Å². The Balaban J connectivity index is 1.70. The van der Waals surface area contributed by atoms with Crippen molar-refractivity contribution in [1.29, 1.82) is 0 Å². The molecule has 156 valence electrons. The first-order valence-electron chi connectivity index (χ1n) is 9.26. The van der Waals surface area contributed by atoms with Gasteiger partial charge in [0.1, 0.15) is 18.6 Å². The average molecular weight is 465 g/mol. The number of aliphatic hydroxyl groups excluding tert-OH is 1. The highest BCUT2D eigenvalue weighted by atomic mass is 79.9. The van der Waals surface area contributed by atoms with E-state index in [1.807, 2.05) is 14.1 Å². The number of nitrogens with one attached hydrogen (secondary N) is 1. The zero-order valence-electron chi connectivity index (χ0n) is 16.6. The third kappa shape index (κ3) is 5.74. The number of aromatic nitrogens is 1. The molecule has 1 saturated carbocycles. The van der Waals surface area contributed by atoms with E-state index >= 15 is 0 Å². The molecule has 1 unspecified atom stereocenters. The van der Waals surface area contributed by atoms with Crippen LogP contribution < -0.4 is 14.8 Å². The van der Waals surface area contributed by atoms with Crippen molar-refractivity contribution in [1.82, 2.24) is 9.58 Å². The number of carbonyl (C=O) groups excluding carboxylic acids is 1. The topological polar surface area (TPSA) is 88.3 Å². The van der Waals surface area contributed by atoms with E-state index in [1.165, 1.54) is 11.8 Å². The third-order valence-corrected chi connectivity index (χ3v) is 4.84. The Morgan fingerprint density at radius 3 is 2.83 bits per heavy atom. The second kappa shape index (κ2) is 9.32. The average Bonchev–Trinajstić information content (AvgIpc) is 3.47. The molecule has 1 amide bonds. The number of hydrogen-bond donors (Lipinski definition) is 2. The number of carbonyl (C=O) groups is 1. The molecule has 1 aliphatic carbocycles. The van der Waals surface area contributed by atoms with Gasteiger partial charge in [0.05, 0.1) is 13.2 Å². The molecule has 0 saturated heterocycles. The minimum Gasteiger partial charge on any atom is -0.493 e. The summed E-state index contributed by atoms with van der Waals surface area (Å²) in [6, 6.07) is 6.82. The lowest BCUT2D eigenvalue weighted by atomic mass is 10.2. The minimum absolute atomic E-state index is 0.220. The van der Waals surface area contributed by atoms with E-state index in [9.17, 15) is 9.90 Å². The summed E-state index contributed by atoms with van der Waals surface area (Å²) in [4.78, 5) is 14.5. The Kier molecular flexibility index (Phi) is 6.81. The first kappa shape index (κ1) is 21.2. The number of amides is 1. The van der Waals surface area contributed by atoms with Gasteiger partial charge in [-0.2, -0.15) is 5.10 Å². The molecule has 1 aromatic heterocycles. The predicted octanol–water partition coefficient (Wildman–Crippen LogP) is 3.01. The van der Waals surface area contributed by atoms with Crippen molar-refractivity contribution in [3.05, 3.63) is 40.6 Å². The number of methoxy groups -OCH3 is 1. The number of nitrogens with zero attached hydrogens (tertiary/aromatic N) is 3. The molecule has 29 heavy (non-hydrogen) atoms. The Morgan fingerprint density at radius 2 is 2.17 bits per heavy atom. The molecule has 1 atom stereocenters. The SMILES string of the molecule is COc1cc(NC(=O)c2cc(Br)cn2/N=C/N(C)C)ccc1OCC(O)C1CC1. The highest BCUT2D eigenvalue weighted by Gasteiger charge is 2.30. The van der Waals surface area contributed by atoms with Crippen LogP contribution in [-0.2, 0) is 0 Å². The van der Waals surface area contributed by atoms with E-state index in [2.05, 4.69) is 26.3 Å². The second-order valence-electron chi connectivity index (χ2n) is 7.12. The fourth-order valence-corrected chi connectivity index (χ4v) is 3.11. The number of anilines is 1. The molecular weight excluding hydrogens is 440 g/mol. The van der Waals surface area contributed by atoms with Gasteiger partial charge in [-0.15, -0.1) is 0 Å². The van der Waals surface area contributed by atoms with E-state index in [-0.39, 0.29) is 12.5 Å². The molecule has 2 aromatic rings. The minimum atomic E-state index is -0.465. The molecule has 8 nitrogen and oxygen atoms in total. The maximum absolute atomic E-state index is 12.7. The Bertz CT molecular complexity index is 893. The van der Waals surface area contributed by atoms with Crippen molar-refractivity contribution in [2.75, 3.05) is 33.1 Å². The lowest BCUT2D eigenvalue weighted by Gasteiger charge is -2.15. The van der Waals surface area contributed by atoms with Gasteiger partial charge >= 0.3 is 0 Å². The smallest absolute Gasteiger partial charge is 0.274 e. The van der Waals surface area contributed by atoms with Crippen molar-refractivity contribution in [2.24, 2.45) is 11.0 Å². The number of ether oxygens (including phenoxy) is 2. The molecule has 0 bridgehead atoms. The second-order valence-corrected chi connectivity index (χ2v) is 8.03. The zero-order chi connectivity index (χ0) is 21.0. The first-order chi connectivity index (χ1) is 13.9. The number of halogens is 1. The Hall–Kier alpha value is -2.52. The van der Waals surface area contributed by atoms with Crippen LogP contribution in [0.25, 0.3) is 0 Å². The fraction of sp³-hybridized carbons (Fsp3) is 0.400. The van der Waals surface area contributed by atoms with E-state index in [0.717, 1.165) is 17.3 Å². The quantitative estimate of drug-likeness (QED) is 0.439. The van der Waals surface area contributed by atoms with Crippen LogP contribution in [0.1, 0.15) is 23.3 Å². The fourth-order valence-electron chi connectivity index (χ4n) is 2.70. The van der Waals surface area contributed by atoms with Gasteiger partial charge in [0.2, 0.25) is 0 Å². The lowest BCUT2D eigenvalue weighted by Crippen LogP contribution is -2.19. The van der Waals surface area contributed by atoms with Crippen LogP contribution in [0, 0.1) is 5.92 Å². The van der Waals surface area contributed by atoms with Gasteiger partial charge in [0, 0.05) is 36.5 Å². The van der Waals surface area contributed by atoms with Crippen molar-refractivity contribution >= 4 is 33.9 Å². The van der Waals surface area contributed by atoms with Gasteiger partial charge in [0.15, 0.2) is 11.5 Å². The van der Waals surface area contributed by atoms with Crippen LogP contribution >= 0.6 is 15.9 Å². The molecule has 0 radical (unpaired) electrons. The number of benzene rings is 1. The van der Waals surface area contributed by atoms with Gasteiger partial charge in [-0.1, -0.05) is 0 Å². The molecule has 1 aromatic carbocycles. The van der Waals surface area contributed by atoms with E-state index in [4.69, 9.17) is 9.47 Å². The highest BCUT2D eigenvalue weighted by Crippen LogP contribution is 2.34. The summed E-state index contributed by atoms with van der Waals surface area (Å²) in [5.74, 6) is 1.02. The molecule has 2 N–H and O–H groups in total. The summed E-state index contributed by atoms with van der Waals surface area (Å²) in [6.07, 6.45) is 4.94. The predicted molar refractivity (Wildman–Crippen MR) is 115 cm³/mol. The largest absolute Gasteiger partial charge is 0.493 e. The molecule has 1 fully saturated rings. The molecule has 1 aliphatic rings. The van der Waals surface area contributed by atoms with Crippen LogP contribution in [-0.4, -0.2) is 60.8 Å². The summed E-state index contributed by atoms with van der Waals surface area (Å²) >= 11 is 3.37. The van der Waals surface area contributed by atoms with Crippen LogP contribution in [0.15, 0.2) is 40.0 Å². The Morgan fingerprint density at radius 1 is 1.41 bits per heavy atom. The standard InChI is InChI=1S/C20H25BrN4O4/c1-24(2)12-22-25-10-14(21)8-16(25)20(27)23-15-6-7-18(19(9-15)28-3)29-11-17(26)13-4-5-13/h6-10,12-13,17,26H,4-5,11H2,1-3H3,(H,23,27)/b22-12+. The van der Waals surface area contributed by atoms with Gasteiger partial charge in [0.25, 0.3) is 5.91 Å². The van der Waals surface area contributed by atoms with Crippen LogP contribution in [0.5, 0.6) is 11.5 Å². The maximum Gasteiger partial charge on any atom is 0.274 e. The van der Waals surface area contributed by atoms with Gasteiger partial charge in [-0.25, -0.2) is 4.68 Å². The third-order valence-electron chi connectivity index (χ3n) is 4.40. The van der Waals surface area contributed by atoms with Gasteiger partial charge < -0.3 is 24.8 Å². The first-order valence-corrected chi connectivity index (χ1v) is 10.1. The van der Waals surface area contributed by atoms with Crippen LogP contribution in [0.2, 0.25) is 0 Å². The maximum atomic E-state index is 12.7. The van der Waals surface area contributed by atoms with Crippen molar-refractivity contribution in [3.8, 4) is 11.5 Å². The monoisotopic (exact) mass is 464 g/mol. The summed E-state index contributed by atoms with van der Waals surface area (Å²) in [7, 11) is 5.23. The van der Waals surface area contributed by atoms with Crippen molar-refractivity contribution in [3.63, 3.8) is 0 Å². The van der Waals surface area contributed by atoms with Crippen molar-refractivity contribution < 1.29 is 19.4 Å². The summed E-state index contributed by atoms with van der Waals surface area (Å²) in [5, 5.41) is 17.1. The summed E-state index contributed by atoms with van der Waals surface area (Å²) in [6.45, 7) is 0.220. The van der Waals surface area contributed by atoms with E-state index in [1.54, 1.807) is 41.7 Å². The number of aliphatic hydroxyl groups is 1. The van der Waals surface area contributed by atoms with E-state index < -0.39 is 6.10 Å². The van der Waals surface area contributed by atoms with Gasteiger partial charge in [-0.3, -0.25) is 4.79 Å². The number of hydrogen-bond acceptors (Lipinski definition) is 5. The highest BCUT2D eigenvalue weighted by molar-refractivity contribution is 9.10. The van der Waals surface area contributed by atoms with Crippen LogP contribution in [0.4, 0.5) is 5.69 Å². The zero-order valence-corrected chi connectivity index (χ0v) is 18.2. The molecule has 0 spiro atoms. The molecule has 1 heterocycles. The van der Waals surface area contributed by atoms with Gasteiger partial charge in [-0.05, 0) is 52.9 Å². The molecular formula is C20H25BrN4O4. The van der Waals surface area contributed by atoms with E-state index in [0.29, 0.717) is 28.8 Å². The number of rotatable bonds is 9. The summed E-state index contributed by atoms with van der Waals surface area (Å²) in [5.41, 5.74) is 0.934. The Labute approximate surface area is 178 Å². The van der Waals surface area contributed by atoms with Crippen molar-refractivity contribution in [2.45, 2.75) is 18.9 Å². The summed E-state index contributed by atoms with van der Waals surface area (Å²) < 4.78 is 13.3.